The summed E-state index contributed by atoms with van der Waals surface area (Å²) in [6.07, 6.45) is 18.2. The highest BCUT2D eigenvalue weighted by Crippen LogP contribution is 2.55. The Kier molecular flexibility index (Phi) is 10.9. The van der Waals surface area contributed by atoms with Crippen LogP contribution < -0.4 is 5.46 Å². The molecule has 1 heterocycles. The van der Waals surface area contributed by atoms with Crippen molar-refractivity contribution < 1.29 is 9.31 Å². The van der Waals surface area contributed by atoms with E-state index in [0.717, 1.165) is 5.46 Å². The lowest BCUT2D eigenvalue weighted by molar-refractivity contribution is 0.00578. The molecular weight excluding hydrogens is 583 g/mol. The zero-order chi connectivity index (χ0) is 33.8. The molecule has 4 aromatic carbocycles. The second-order valence-corrected chi connectivity index (χ2v) is 15.8. The number of rotatable bonds is 16. The summed E-state index contributed by atoms with van der Waals surface area (Å²) < 4.78 is 13.2. The third-order valence-electron chi connectivity index (χ3n) is 11.9. The topological polar surface area (TPSA) is 18.5 Å². The number of fused-ring (bicyclic) bond motifs is 4. The maximum Gasteiger partial charge on any atom is 0.494 e. The first kappa shape index (κ1) is 35.0. The Labute approximate surface area is 292 Å². The molecule has 0 atom stereocenters. The first-order chi connectivity index (χ1) is 23.2. The van der Waals surface area contributed by atoms with Crippen molar-refractivity contribution in [2.45, 2.75) is 148 Å². The van der Waals surface area contributed by atoms with Crippen molar-refractivity contribution in [3.05, 3.63) is 90.0 Å². The fraction of sp³-hybridized carbons (Fsp3) is 0.511. The first-order valence-electron chi connectivity index (χ1n) is 19.3. The van der Waals surface area contributed by atoms with Crippen LogP contribution in [0.25, 0.3) is 33.0 Å². The Bertz CT molecular complexity index is 1650. The third-order valence-corrected chi connectivity index (χ3v) is 11.9. The van der Waals surface area contributed by atoms with E-state index < -0.39 is 0 Å². The van der Waals surface area contributed by atoms with Crippen LogP contribution in [0.15, 0.2) is 78.9 Å². The minimum Gasteiger partial charge on any atom is -0.399 e. The fourth-order valence-electron chi connectivity index (χ4n) is 8.26. The highest BCUT2D eigenvalue weighted by molar-refractivity contribution is 6.62. The molecule has 0 spiro atoms. The van der Waals surface area contributed by atoms with E-state index in [1.165, 1.54) is 134 Å². The van der Waals surface area contributed by atoms with Gasteiger partial charge in [0.25, 0.3) is 0 Å². The monoisotopic (exact) mass is 642 g/mol. The Balaban J connectivity index is 1.42. The maximum absolute atomic E-state index is 6.62. The Morgan fingerprint density at radius 2 is 1.00 bits per heavy atom. The van der Waals surface area contributed by atoms with E-state index in [4.69, 9.17) is 9.31 Å². The van der Waals surface area contributed by atoms with Crippen molar-refractivity contribution in [1.82, 2.24) is 0 Å². The summed E-state index contributed by atoms with van der Waals surface area (Å²) in [4.78, 5) is 0. The Morgan fingerprint density at radius 3 is 1.62 bits per heavy atom. The van der Waals surface area contributed by atoms with Gasteiger partial charge in [-0.05, 0) is 102 Å². The molecule has 0 radical (unpaired) electrons. The number of benzene rings is 4. The molecule has 2 nitrogen and oxygen atoms in total. The summed E-state index contributed by atoms with van der Waals surface area (Å²) in [5, 5.41) is 2.60. The Hall–Kier alpha value is -2.88. The van der Waals surface area contributed by atoms with Crippen molar-refractivity contribution in [2.24, 2.45) is 0 Å². The zero-order valence-electron chi connectivity index (χ0n) is 30.8. The number of hydrogen-bond acceptors (Lipinski definition) is 2. The summed E-state index contributed by atoms with van der Waals surface area (Å²) in [5.41, 5.74) is 8.94. The van der Waals surface area contributed by atoms with Crippen molar-refractivity contribution in [1.29, 1.82) is 0 Å². The van der Waals surface area contributed by atoms with Gasteiger partial charge < -0.3 is 9.31 Å². The van der Waals surface area contributed by atoms with Crippen LogP contribution in [0.2, 0.25) is 0 Å². The van der Waals surface area contributed by atoms with Gasteiger partial charge in [-0.15, -0.1) is 0 Å². The predicted octanol–water partition coefficient (Wildman–Crippen LogP) is 12.6. The molecule has 6 rings (SSSR count). The van der Waals surface area contributed by atoms with Gasteiger partial charge in [-0.2, -0.15) is 0 Å². The molecular formula is C45H59BO2. The quantitative estimate of drug-likeness (QED) is 0.0894. The van der Waals surface area contributed by atoms with Crippen LogP contribution in [0, 0.1) is 0 Å². The highest BCUT2D eigenvalue weighted by Gasteiger charge is 2.52. The molecule has 3 heteroatoms. The standard InChI is InChI=1S/C45H59BO2/c1-7-9-11-13-15-19-29-45(30-20-16-14-12-10-8-2)41-32-37(36-24-23-34-21-17-18-22-35(34)31-36)25-27-39(41)40-28-26-38(33-42(40)45)46-47-43(3,4)44(5,6)48-46/h17-18,21-28,31-33H,7-16,19-20,29-30H2,1-6H3. The van der Waals surface area contributed by atoms with Crippen molar-refractivity contribution >= 4 is 23.4 Å². The van der Waals surface area contributed by atoms with Crippen molar-refractivity contribution in [3.63, 3.8) is 0 Å². The average Bonchev–Trinajstić information content (AvgIpc) is 3.48. The third kappa shape index (κ3) is 7.06. The van der Waals surface area contributed by atoms with Crippen molar-refractivity contribution in [2.75, 3.05) is 0 Å². The summed E-state index contributed by atoms with van der Waals surface area (Å²) >= 11 is 0. The molecule has 48 heavy (non-hydrogen) atoms. The van der Waals surface area contributed by atoms with E-state index in [-0.39, 0.29) is 23.7 Å². The van der Waals surface area contributed by atoms with Crippen molar-refractivity contribution in [3.8, 4) is 22.3 Å². The van der Waals surface area contributed by atoms with Crippen LogP contribution >= 0.6 is 0 Å². The molecule has 4 aromatic rings. The van der Waals surface area contributed by atoms with E-state index in [1.807, 2.05) is 0 Å². The van der Waals surface area contributed by atoms with Gasteiger partial charge in [0.2, 0.25) is 0 Å². The molecule has 0 N–H and O–H groups in total. The van der Waals surface area contributed by atoms with E-state index >= 15 is 0 Å². The first-order valence-corrected chi connectivity index (χ1v) is 19.3. The second kappa shape index (κ2) is 14.9. The predicted molar refractivity (Wildman–Crippen MR) is 207 cm³/mol. The van der Waals surface area contributed by atoms with Crippen LogP contribution in [0.5, 0.6) is 0 Å². The minimum absolute atomic E-state index is 0.00725. The van der Waals surface area contributed by atoms with Crippen LogP contribution in [-0.2, 0) is 14.7 Å². The molecule has 1 aliphatic carbocycles. The largest absolute Gasteiger partial charge is 0.494 e. The molecule has 1 saturated heterocycles. The normalized spacial score (nSPS) is 17.2. The molecule has 1 fully saturated rings. The van der Waals surface area contributed by atoms with Gasteiger partial charge in [0.15, 0.2) is 0 Å². The fourth-order valence-corrected chi connectivity index (χ4v) is 8.26. The van der Waals surface area contributed by atoms with Crippen LogP contribution in [0.3, 0.4) is 0 Å². The lowest BCUT2D eigenvalue weighted by Gasteiger charge is -2.33. The van der Waals surface area contributed by atoms with Crippen LogP contribution in [-0.4, -0.2) is 18.3 Å². The van der Waals surface area contributed by atoms with Gasteiger partial charge in [-0.25, -0.2) is 0 Å². The van der Waals surface area contributed by atoms with Gasteiger partial charge >= 0.3 is 7.12 Å². The average molecular weight is 643 g/mol. The van der Waals surface area contributed by atoms with E-state index in [2.05, 4.69) is 120 Å². The molecule has 0 unspecified atom stereocenters. The molecule has 0 bridgehead atoms. The van der Waals surface area contributed by atoms with E-state index in [0.29, 0.717) is 0 Å². The summed E-state index contributed by atoms with van der Waals surface area (Å²) in [6.45, 7) is 13.3. The zero-order valence-corrected chi connectivity index (χ0v) is 30.8. The second-order valence-electron chi connectivity index (χ2n) is 15.8. The summed E-state index contributed by atoms with van der Waals surface area (Å²) in [5.74, 6) is 0. The number of unbranched alkanes of at least 4 members (excludes halogenated alkanes) is 10. The minimum atomic E-state index is -0.359. The van der Waals surface area contributed by atoms with Gasteiger partial charge in [-0.1, -0.05) is 158 Å². The molecule has 1 aliphatic heterocycles. The molecule has 0 aromatic heterocycles. The smallest absolute Gasteiger partial charge is 0.399 e. The van der Waals surface area contributed by atoms with Gasteiger partial charge in [0, 0.05) is 5.41 Å². The van der Waals surface area contributed by atoms with Crippen LogP contribution in [0.4, 0.5) is 0 Å². The summed E-state index contributed by atoms with van der Waals surface area (Å²) in [7, 11) is -0.349. The SMILES string of the molecule is CCCCCCCCC1(CCCCCCCC)c2cc(B3OC(C)(C)C(C)(C)O3)ccc2-c2ccc(-c3ccc4ccccc4c3)cc21. The highest BCUT2D eigenvalue weighted by atomic mass is 16.7. The summed E-state index contributed by atoms with van der Waals surface area (Å²) in [6, 6.07) is 30.2. The van der Waals surface area contributed by atoms with E-state index in [9.17, 15) is 0 Å². The number of hydrogen-bond donors (Lipinski definition) is 0. The molecule has 254 valence electrons. The van der Waals surface area contributed by atoms with Gasteiger partial charge in [-0.3, -0.25) is 0 Å². The van der Waals surface area contributed by atoms with Gasteiger partial charge in [0.05, 0.1) is 11.2 Å². The lowest BCUT2D eigenvalue weighted by atomic mass is 9.68. The van der Waals surface area contributed by atoms with Gasteiger partial charge in [0.1, 0.15) is 0 Å². The molecule has 0 amide bonds. The Morgan fingerprint density at radius 1 is 0.500 bits per heavy atom. The molecule has 2 aliphatic rings. The van der Waals surface area contributed by atoms with E-state index in [1.54, 1.807) is 0 Å². The molecule has 0 saturated carbocycles. The lowest BCUT2D eigenvalue weighted by Crippen LogP contribution is -2.41. The maximum atomic E-state index is 6.62. The van der Waals surface area contributed by atoms with Crippen LogP contribution in [0.1, 0.15) is 143 Å².